The second-order valence-corrected chi connectivity index (χ2v) is 7.04. The van der Waals surface area contributed by atoms with Gasteiger partial charge in [0, 0.05) is 29.7 Å². The van der Waals surface area contributed by atoms with Gasteiger partial charge in [-0.05, 0) is 35.7 Å². The average Bonchev–Trinajstić information content (AvgIpc) is 3.20. The van der Waals surface area contributed by atoms with Crippen molar-refractivity contribution in [3.63, 3.8) is 0 Å². The lowest BCUT2D eigenvalue weighted by molar-refractivity contribution is 0.613. The molecular formula is C19H19BrN4. The minimum Gasteiger partial charge on any atom is -0.371 e. The summed E-state index contributed by atoms with van der Waals surface area (Å²) in [5.74, 6) is 0. The lowest BCUT2D eigenvalue weighted by atomic mass is 10.2. The molecule has 1 aliphatic rings. The molecule has 0 spiro atoms. The number of halogens is 1. The molecule has 5 heteroatoms. The topological polar surface area (TPSA) is 34.0 Å². The zero-order valence-electron chi connectivity index (χ0n) is 13.4. The van der Waals surface area contributed by atoms with Crippen molar-refractivity contribution in [3.8, 4) is 0 Å². The van der Waals surface area contributed by atoms with Gasteiger partial charge < -0.3 is 4.90 Å². The summed E-state index contributed by atoms with van der Waals surface area (Å²) in [6, 6.07) is 17.0. The zero-order chi connectivity index (χ0) is 16.4. The van der Waals surface area contributed by atoms with Crippen LogP contribution in [0.1, 0.15) is 16.8 Å². The van der Waals surface area contributed by atoms with Gasteiger partial charge in [-0.1, -0.05) is 51.5 Å². The molecule has 0 bridgehead atoms. The summed E-state index contributed by atoms with van der Waals surface area (Å²) >= 11 is 3.56. The molecule has 1 aliphatic heterocycles. The van der Waals surface area contributed by atoms with Gasteiger partial charge in [-0.3, -0.25) is 0 Å². The molecule has 3 aromatic rings. The second kappa shape index (κ2) is 6.77. The largest absolute Gasteiger partial charge is 0.371 e. The lowest BCUT2D eigenvalue weighted by Gasteiger charge is -2.19. The van der Waals surface area contributed by atoms with Gasteiger partial charge in [0.1, 0.15) is 0 Å². The summed E-state index contributed by atoms with van der Waals surface area (Å²) < 4.78 is 3.17. The Morgan fingerprint density at radius 3 is 2.83 bits per heavy atom. The van der Waals surface area contributed by atoms with Gasteiger partial charge in [-0.15, -0.1) is 5.10 Å². The van der Waals surface area contributed by atoms with E-state index in [1.54, 1.807) is 0 Å². The molecule has 0 atom stereocenters. The van der Waals surface area contributed by atoms with E-state index in [0.717, 1.165) is 36.9 Å². The van der Waals surface area contributed by atoms with Crippen LogP contribution < -0.4 is 4.90 Å². The fraction of sp³-hybridized carbons (Fsp3) is 0.263. The van der Waals surface area contributed by atoms with Crippen molar-refractivity contribution in [1.82, 2.24) is 15.0 Å². The Kier molecular flexibility index (Phi) is 4.34. The van der Waals surface area contributed by atoms with E-state index < -0.39 is 0 Å². The number of hydrogen-bond donors (Lipinski definition) is 0. The molecule has 0 unspecified atom stereocenters. The van der Waals surface area contributed by atoms with E-state index in [9.17, 15) is 0 Å². The van der Waals surface area contributed by atoms with Crippen LogP contribution in [-0.4, -0.2) is 28.1 Å². The number of anilines is 1. The third kappa shape index (κ3) is 3.22. The third-order valence-corrected chi connectivity index (χ3v) is 5.04. The van der Waals surface area contributed by atoms with Crippen LogP contribution >= 0.6 is 15.9 Å². The van der Waals surface area contributed by atoms with Crippen LogP contribution in [-0.2, 0) is 19.4 Å². The fourth-order valence-electron chi connectivity index (χ4n) is 3.28. The van der Waals surface area contributed by atoms with E-state index in [0.29, 0.717) is 0 Å². The maximum absolute atomic E-state index is 4.25. The smallest absolute Gasteiger partial charge is 0.0725 e. The van der Waals surface area contributed by atoms with E-state index >= 15 is 0 Å². The molecule has 0 amide bonds. The van der Waals surface area contributed by atoms with E-state index in [-0.39, 0.29) is 0 Å². The predicted octanol–water partition coefficient (Wildman–Crippen LogP) is 3.69. The van der Waals surface area contributed by atoms with Gasteiger partial charge in [0.05, 0.1) is 18.4 Å². The Hall–Kier alpha value is -2.14. The highest BCUT2D eigenvalue weighted by molar-refractivity contribution is 9.10. The third-order valence-electron chi connectivity index (χ3n) is 4.54. The monoisotopic (exact) mass is 382 g/mol. The molecule has 2 heterocycles. The van der Waals surface area contributed by atoms with Gasteiger partial charge in [0.2, 0.25) is 0 Å². The van der Waals surface area contributed by atoms with Crippen LogP contribution in [0.3, 0.4) is 0 Å². The van der Waals surface area contributed by atoms with Gasteiger partial charge in [-0.25, -0.2) is 4.68 Å². The first-order chi connectivity index (χ1) is 11.8. The molecule has 0 saturated heterocycles. The Labute approximate surface area is 150 Å². The van der Waals surface area contributed by atoms with Gasteiger partial charge in [0.15, 0.2) is 0 Å². The number of aromatic nitrogens is 3. The SMILES string of the molecule is Brc1ccc2c(c1)CCN2CCc1cnnn1Cc1ccccc1. The highest BCUT2D eigenvalue weighted by Crippen LogP contribution is 2.30. The van der Waals surface area contributed by atoms with Gasteiger partial charge >= 0.3 is 0 Å². The van der Waals surface area contributed by atoms with Crippen molar-refractivity contribution >= 4 is 21.6 Å². The summed E-state index contributed by atoms with van der Waals surface area (Å²) in [5.41, 5.74) is 5.23. The molecule has 0 fully saturated rings. The molecule has 1 aromatic heterocycles. The molecule has 4 nitrogen and oxygen atoms in total. The number of hydrogen-bond acceptors (Lipinski definition) is 3. The number of nitrogens with zero attached hydrogens (tertiary/aromatic N) is 4. The minimum absolute atomic E-state index is 0.777. The van der Waals surface area contributed by atoms with E-state index in [1.165, 1.54) is 22.5 Å². The van der Waals surface area contributed by atoms with Crippen LogP contribution in [0.5, 0.6) is 0 Å². The Morgan fingerprint density at radius 1 is 1.08 bits per heavy atom. The predicted molar refractivity (Wildman–Crippen MR) is 99.3 cm³/mol. The van der Waals surface area contributed by atoms with Crippen LogP contribution in [0.4, 0.5) is 5.69 Å². The second-order valence-electron chi connectivity index (χ2n) is 6.13. The van der Waals surface area contributed by atoms with E-state index in [4.69, 9.17) is 0 Å². The van der Waals surface area contributed by atoms with E-state index in [2.05, 4.69) is 73.6 Å². The van der Waals surface area contributed by atoms with Crippen molar-refractivity contribution in [2.24, 2.45) is 0 Å². The zero-order valence-corrected chi connectivity index (χ0v) is 15.0. The molecule has 122 valence electrons. The molecule has 24 heavy (non-hydrogen) atoms. The van der Waals surface area contributed by atoms with Crippen LogP contribution in [0.25, 0.3) is 0 Å². The van der Waals surface area contributed by atoms with Crippen molar-refractivity contribution in [2.45, 2.75) is 19.4 Å². The van der Waals surface area contributed by atoms with Gasteiger partial charge in [-0.2, -0.15) is 0 Å². The normalized spacial score (nSPS) is 13.3. The minimum atomic E-state index is 0.777. The number of benzene rings is 2. The van der Waals surface area contributed by atoms with Crippen molar-refractivity contribution in [1.29, 1.82) is 0 Å². The molecule has 2 aromatic carbocycles. The van der Waals surface area contributed by atoms with Gasteiger partial charge in [0.25, 0.3) is 0 Å². The van der Waals surface area contributed by atoms with Crippen molar-refractivity contribution in [3.05, 3.63) is 76.0 Å². The van der Waals surface area contributed by atoms with Crippen LogP contribution in [0.2, 0.25) is 0 Å². The summed E-state index contributed by atoms with van der Waals surface area (Å²) in [4.78, 5) is 2.46. The Bertz CT molecular complexity index is 828. The quantitative estimate of drug-likeness (QED) is 0.674. The summed E-state index contributed by atoms with van der Waals surface area (Å²) in [6.45, 7) is 2.86. The molecule has 0 saturated carbocycles. The molecule has 0 N–H and O–H groups in total. The number of rotatable bonds is 5. The Morgan fingerprint density at radius 2 is 1.96 bits per heavy atom. The standard InChI is InChI=1S/C19H19BrN4/c20-17-6-7-19-16(12-17)8-10-23(19)11-9-18-13-21-22-24(18)14-15-4-2-1-3-5-15/h1-7,12-13H,8-11,14H2. The first-order valence-electron chi connectivity index (χ1n) is 8.24. The first-order valence-corrected chi connectivity index (χ1v) is 9.03. The Balaban J connectivity index is 1.44. The first kappa shape index (κ1) is 15.4. The van der Waals surface area contributed by atoms with Crippen molar-refractivity contribution in [2.75, 3.05) is 18.0 Å². The molecular weight excluding hydrogens is 364 g/mol. The summed E-state index contributed by atoms with van der Waals surface area (Å²) in [7, 11) is 0. The molecule has 4 rings (SSSR count). The fourth-order valence-corrected chi connectivity index (χ4v) is 3.69. The van der Waals surface area contributed by atoms with Crippen molar-refractivity contribution < 1.29 is 0 Å². The molecule has 0 radical (unpaired) electrons. The number of fused-ring (bicyclic) bond motifs is 1. The molecule has 0 aliphatic carbocycles. The van der Waals surface area contributed by atoms with Crippen LogP contribution in [0.15, 0.2) is 59.2 Å². The summed E-state index contributed by atoms with van der Waals surface area (Å²) in [6.07, 6.45) is 3.97. The average molecular weight is 383 g/mol. The maximum atomic E-state index is 4.25. The van der Waals surface area contributed by atoms with Crippen LogP contribution in [0, 0.1) is 0 Å². The highest BCUT2D eigenvalue weighted by atomic mass is 79.9. The van der Waals surface area contributed by atoms with E-state index in [1.807, 2.05) is 16.9 Å². The summed E-state index contributed by atoms with van der Waals surface area (Å²) in [5, 5.41) is 8.36. The lowest BCUT2D eigenvalue weighted by Crippen LogP contribution is -2.24. The maximum Gasteiger partial charge on any atom is 0.0725 e. The highest BCUT2D eigenvalue weighted by Gasteiger charge is 2.19.